The van der Waals surface area contributed by atoms with Crippen molar-refractivity contribution in [2.24, 2.45) is 0 Å². The van der Waals surface area contributed by atoms with Gasteiger partial charge in [-0.05, 0) is 31.9 Å². The van der Waals surface area contributed by atoms with Crippen LogP contribution in [0.3, 0.4) is 0 Å². The van der Waals surface area contributed by atoms with Crippen molar-refractivity contribution in [3.05, 3.63) is 41.0 Å². The average Bonchev–Trinajstić information content (AvgIpc) is 3.12. The number of hydrogen-bond donors (Lipinski definition) is 1. The van der Waals surface area contributed by atoms with Crippen LogP contribution in [0.1, 0.15) is 18.5 Å². The number of hydrogen-bond acceptors (Lipinski definition) is 3. The van der Waals surface area contributed by atoms with E-state index in [9.17, 15) is 4.79 Å². The van der Waals surface area contributed by atoms with E-state index in [2.05, 4.69) is 10.4 Å². The molecule has 1 aliphatic rings. The van der Waals surface area contributed by atoms with Crippen molar-refractivity contribution in [1.82, 2.24) is 9.78 Å². The van der Waals surface area contributed by atoms with E-state index < -0.39 is 6.10 Å². The van der Waals surface area contributed by atoms with Gasteiger partial charge in [0.25, 0.3) is 5.91 Å². The molecule has 1 unspecified atom stereocenters. The maximum absolute atomic E-state index is 12.2. The summed E-state index contributed by atoms with van der Waals surface area (Å²) in [4.78, 5) is 12.2. The minimum Gasteiger partial charge on any atom is -0.368 e. The summed E-state index contributed by atoms with van der Waals surface area (Å²) >= 11 is 6.28. The van der Waals surface area contributed by atoms with Gasteiger partial charge in [-0.2, -0.15) is 5.10 Å². The largest absolute Gasteiger partial charge is 0.368 e. The Bertz CT molecular complexity index is 648. The van der Waals surface area contributed by atoms with Gasteiger partial charge < -0.3 is 10.1 Å². The topological polar surface area (TPSA) is 56.2 Å². The van der Waals surface area contributed by atoms with E-state index in [1.807, 2.05) is 37.3 Å². The van der Waals surface area contributed by atoms with Gasteiger partial charge in [0.2, 0.25) is 0 Å². The molecule has 1 aromatic carbocycles. The normalized spacial score (nSPS) is 17.9. The molecule has 1 amide bonds. The highest BCUT2D eigenvalue weighted by molar-refractivity contribution is 6.34. The summed E-state index contributed by atoms with van der Waals surface area (Å²) in [6.45, 7) is 2.44. The van der Waals surface area contributed by atoms with Crippen LogP contribution < -0.4 is 5.32 Å². The van der Waals surface area contributed by atoms with Crippen LogP contribution in [0.5, 0.6) is 0 Å². The molecule has 5 nitrogen and oxygen atoms in total. The molecule has 0 radical (unpaired) electrons. The predicted octanol–water partition coefficient (Wildman–Crippen LogP) is 2.95. The molecule has 3 rings (SSSR count). The molecular formula is C15H16ClN3O2. The van der Waals surface area contributed by atoms with E-state index in [1.54, 1.807) is 4.68 Å². The van der Waals surface area contributed by atoms with Crippen molar-refractivity contribution in [1.29, 1.82) is 0 Å². The molecule has 0 bridgehead atoms. The summed E-state index contributed by atoms with van der Waals surface area (Å²) < 4.78 is 7.04. The smallest absolute Gasteiger partial charge is 0.254 e. The van der Waals surface area contributed by atoms with Crippen LogP contribution in [0.2, 0.25) is 5.02 Å². The number of ether oxygens (including phenoxy) is 1. The van der Waals surface area contributed by atoms with Crippen molar-refractivity contribution in [2.75, 3.05) is 11.9 Å². The number of anilines is 1. The summed E-state index contributed by atoms with van der Waals surface area (Å²) in [5.74, 6) is 0.312. The fraction of sp³-hybridized carbons (Fsp3) is 0.333. The number of nitrogens with one attached hydrogen (secondary N) is 1. The Balaban J connectivity index is 1.92. The zero-order chi connectivity index (χ0) is 14.8. The second kappa shape index (κ2) is 5.87. The number of rotatable bonds is 3. The Kier molecular flexibility index (Phi) is 3.94. The van der Waals surface area contributed by atoms with E-state index in [1.165, 1.54) is 0 Å². The third-order valence-corrected chi connectivity index (χ3v) is 3.90. The number of halogens is 1. The molecule has 0 saturated carbocycles. The van der Waals surface area contributed by atoms with Gasteiger partial charge in [0.05, 0.1) is 11.4 Å². The molecular weight excluding hydrogens is 290 g/mol. The first kappa shape index (κ1) is 14.1. The van der Waals surface area contributed by atoms with Crippen LogP contribution >= 0.6 is 11.6 Å². The van der Waals surface area contributed by atoms with Crippen molar-refractivity contribution >= 4 is 23.3 Å². The molecule has 2 aromatic rings. The lowest BCUT2D eigenvalue weighted by molar-refractivity contribution is -0.124. The zero-order valence-corrected chi connectivity index (χ0v) is 12.4. The van der Waals surface area contributed by atoms with Gasteiger partial charge in [0, 0.05) is 6.61 Å². The van der Waals surface area contributed by atoms with E-state index in [4.69, 9.17) is 16.3 Å². The third-order valence-electron chi connectivity index (χ3n) is 3.45. The number of aryl methyl sites for hydroxylation is 1. The molecule has 1 aliphatic heterocycles. The predicted molar refractivity (Wildman–Crippen MR) is 80.9 cm³/mol. The van der Waals surface area contributed by atoms with Crippen LogP contribution in [-0.4, -0.2) is 28.4 Å². The molecule has 110 valence electrons. The number of para-hydroxylation sites is 1. The summed E-state index contributed by atoms with van der Waals surface area (Å²) in [5.41, 5.74) is 1.51. The molecule has 6 heteroatoms. The lowest BCUT2D eigenvalue weighted by atomic mass is 10.2. The molecule has 1 atom stereocenters. The summed E-state index contributed by atoms with van der Waals surface area (Å²) in [7, 11) is 0. The Morgan fingerprint density at radius 1 is 1.43 bits per heavy atom. The van der Waals surface area contributed by atoms with E-state index in [0.29, 0.717) is 23.1 Å². The van der Waals surface area contributed by atoms with Crippen LogP contribution in [0.15, 0.2) is 30.3 Å². The monoisotopic (exact) mass is 305 g/mol. The van der Waals surface area contributed by atoms with Crippen LogP contribution in [-0.2, 0) is 9.53 Å². The van der Waals surface area contributed by atoms with Crippen molar-refractivity contribution in [2.45, 2.75) is 25.9 Å². The first-order chi connectivity index (χ1) is 10.2. The number of nitrogens with zero attached hydrogens (tertiary/aromatic N) is 2. The zero-order valence-electron chi connectivity index (χ0n) is 11.7. The fourth-order valence-electron chi connectivity index (χ4n) is 2.35. The van der Waals surface area contributed by atoms with Crippen molar-refractivity contribution < 1.29 is 9.53 Å². The molecule has 1 fully saturated rings. The van der Waals surface area contributed by atoms with Gasteiger partial charge >= 0.3 is 0 Å². The van der Waals surface area contributed by atoms with Gasteiger partial charge in [0.1, 0.15) is 11.1 Å². The SMILES string of the molecule is Cc1nn(-c2ccccc2)c(NC(=O)C2CCCO2)c1Cl. The molecule has 0 aliphatic carbocycles. The summed E-state index contributed by atoms with van der Waals surface area (Å²) in [6, 6.07) is 9.55. The van der Waals surface area contributed by atoms with Gasteiger partial charge in [-0.3, -0.25) is 4.79 Å². The molecule has 21 heavy (non-hydrogen) atoms. The lowest BCUT2D eigenvalue weighted by Gasteiger charge is -2.12. The minimum atomic E-state index is -0.402. The van der Waals surface area contributed by atoms with Gasteiger partial charge in [-0.15, -0.1) is 0 Å². The Morgan fingerprint density at radius 2 is 2.19 bits per heavy atom. The third kappa shape index (κ3) is 2.80. The quantitative estimate of drug-likeness (QED) is 0.948. The van der Waals surface area contributed by atoms with E-state index >= 15 is 0 Å². The maximum atomic E-state index is 12.2. The van der Waals surface area contributed by atoms with Crippen molar-refractivity contribution in [3.63, 3.8) is 0 Å². The molecule has 2 heterocycles. The second-order valence-corrected chi connectivity index (χ2v) is 5.36. The highest BCUT2D eigenvalue weighted by Crippen LogP contribution is 2.29. The fourth-order valence-corrected chi connectivity index (χ4v) is 2.52. The first-order valence-electron chi connectivity index (χ1n) is 6.90. The van der Waals surface area contributed by atoms with Crippen LogP contribution in [0, 0.1) is 6.92 Å². The number of amides is 1. The highest BCUT2D eigenvalue weighted by Gasteiger charge is 2.26. The minimum absolute atomic E-state index is 0.175. The van der Waals surface area contributed by atoms with Crippen molar-refractivity contribution in [3.8, 4) is 5.69 Å². The number of carbonyl (C=O) groups excluding carboxylic acids is 1. The highest BCUT2D eigenvalue weighted by atomic mass is 35.5. The lowest BCUT2D eigenvalue weighted by Crippen LogP contribution is -2.28. The van der Waals surface area contributed by atoms with Crippen LogP contribution in [0.25, 0.3) is 5.69 Å². The Hall–Kier alpha value is -1.85. The summed E-state index contributed by atoms with van der Waals surface area (Å²) in [6.07, 6.45) is 1.24. The maximum Gasteiger partial charge on any atom is 0.254 e. The number of benzene rings is 1. The average molecular weight is 306 g/mol. The second-order valence-electron chi connectivity index (χ2n) is 4.99. The Labute approximate surface area is 127 Å². The van der Waals surface area contributed by atoms with Gasteiger partial charge in [-0.1, -0.05) is 29.8 Å². The Morgan fingerprint density at radius 3 is 2.86 bits per heavy atom. The van der Waals surface area contributed by atoms with E-state index in [0.717, 1.165) is 18.5 Å². The molecule has 1 aromatic heterocycles. The standard InChI is InChI=1S/C15H16ClN3O2/c1-10-13(16)14(17-15(20)12-8-5-9-21-12)19(18-10)11-6-3-2-4-7-11/h2-4,6-7,12H,5,8-9H2,1H3,(H,17,20). The molecule has 0 spiro atoms. The molecule has 1 N–H and O–H groups in total. The van der Waals surface area contributed by atoms with E-state index in [-0.39, 0.29) is 5.91 Å². The number of carbonyl (C=O) groups is 1. The van der Waals surface area contributed by atoms with Gasteiger partial charge in [-0.25, -0.2) is 4.68 Å². The summed E-state index contributed by atoms with van der Waals surface area (Å²) in [5, 5.41) is 7.68. The first-order valence-corrected chi connectivity index (χ1v) is 7.27. The molecule has 1 saturated heterocycles. The number of aromatic nitrogens is 2. The van der Waals surface area contributed by atoms with Gasteiger partial charge in [0.15, 0.2) is 5.82 Å². The van der Waals surface area contributed by atoms with Crippen LogP contribution in [0.4, 0.5) is 5.82 Å².